The fraction of sp³-hybridized carbons (Fsp3) is 0.846. The van der Waals surface area contributed by atoms with Crippen LogP contribution in [0.15, 0.2) is 0 Å². The van der Waals surface area contributed by atoms with Gasteiger partial charge in [0.25, 0.3) is 0 Å². The molecule has 224 valence electrons. The molecule has 2 saturated heterocycles. The first kappa shape index (κ1) is 32.8. The summed E-state index contributed by atoms with van der Waals surface area (Å²) in [6, 6.07) is 0. The van der Waals surface area contributed by atoms with E-state index in [-0.39, 0.29) is 24.3 Å². The standard InChI is InChI=1S/C26H46N4O8S/c1-5-6-16-39(36,37)28-21(17-23(32)33)27-24(34)20-8-7-13-30(18-20)22(31)10-9-19-11-14-29(15-12-19)25(35)38-26(2,3)4/h19-21,28H,5-18H2,1-4H3,(H,27,34)(H,32,33)/t20-,21+/m1/s1. The molecule has 0 aromatic rings. The van der Waals surface area contributed by atoms with Crippen LogP contribution in [0.5, 0.6) is 0 Å². The van der Waals surface area contributed by atoms with Crippen molar-refractivity contribution in [3.8, 4) is 0 Å². The Bertz CT molecular complexity index is 957. The van der Waals surface area contributed by atoms with Crippen LogP contribution in [0, 0.1) is 11.8 Å². The van der Waals surface area contributed by atoms with Gasteiger partial charge in [0.2, 0.25) is 21.8 Å². The molecular formula is C26H46N4O8S. The van der Waals surface area contributed by atoms with E-state index in [1.54, 1.807) is 9.80 Å². The van der Waals surface area contributed by atoms with Crippen molar-refractivity contribution < 1.29 is 37.4 Å². The number of amides is 3. The number of piperidine rings is 2. The lowest BCUT2D eigenvalue weighted by Crippen LogP contribution is -2.53. The average Bonchev–Trinajstić information content (AvgIpc) is 2.84. The lowest BCUT2D eigenvalue weighted by molar-refractivity contribution is -0.138. The summed E-state index contributed by atoms with van der Waals surface area (Å²) in [4.78, 5) is 52.7. The fourth-order valence-corrected chi connectivity index (χ4v) is 6.19. The molecule has 2 aliphatic heterocycles. The molecule has 2 aliphatic rings. The van der Waals surface area contributed by atoms with Crippen molar-refractivity contribution in [3.63, 3.8) is 0 Å². The first-order valence-electron chi connectivity index (χ1n) is 14.0. The van der Waals surface area contributed by atoms with Crippen molar-refractivity contribution in [2.45, 2.75) is 97.2 Å². The number of ether oxygens (including phenoxy) is 1. The van der Waals surface area contributed by atoms with Crippen molar-refractivity contribution >= 4 is 33.9 Å². The van der Waals surface area contributed by atoms with Gasteiger partial charge in [0.1, 0.15) is 11.8 Å². The number of carboxylic acid groups (broad SMARTS) is 1. The summed E-state index contributed by atoms with van der Waals surface area (Å²) in [6.45, 7) is 9.30. The molecule has 2 atom stereocenters. The third-order valence-electron chi connectivity index (χ3n) is 6.96. The molecule has 2 heterocycles. The summed E-state index contributed by atoms with van der Waals surface area (Å²) < 4.78 is 32.2. The van der Waals surface area contributed by atoms with E-state index >= 15 is 0 Å². The van der Waals surface area contributed by atoms with Crippen LogP contribution in [-0.4, -0.2) is 90.9 Å². The Morgan fingerprint density at radius 1 is 1.05 bits per heavy atom. The number of nitrogens with zero attached hydrogens (tertiary/aromatic N) is 2. The van der Waals surface area contributed by atoms with E-state index in [0.29, 0.717) is 64.1 Å². The normalized spacial score (nSPS) is 19.8. The highest BCUT2D eigenvalue weighted by Gasteiger charge is 2.32. The second-order valence-corrected chi connectivity index (χ2v) is 13.5. The predicted molar refractivity (Wildman–Crippen MR) is 145 cm³/mol. The van der Waals surface area contributed by atoms with Gasteiger partial charge in [-0.25, -0.2) is 13.2 Å². The molecule has 0 bridgehead atoms. The minimum Gasteiger partial charge on any atom is -0.481 e. The van der Waals surface area contributed by atoms with E-state index in [9.17, 15) is 32.7 Å². The number of carbonyl (C=O) groups excluding carboxylic acids is 3. The van der Waals surface area contributed by atoms with Crippen LogP contribution in [0.1, 0.15) is 85.5 Å². The summed E-state index contributed by atoms with van der Waals surface area (Å²) in [5.74, 6) is -2.11. The fourth-order valence-electron chi connectivity index (χ4n) is 4.83. The van der Waals surface area contributed by atoms with Crippen LogP contribution < -0.4 is 10.0 Å². The van der Waals surface area contributed by atoms with Crippen molar-refractivity contribution in [2.75, 3.05) is 31.9 Å². The van der Waals surface area contributed by atoms with E-state index in [1.807, 2.05) is 27.7 Å². The number of unbranched alkanes of at least 4 members (excludes halogenated alkanes) is 1. The molecule has 0 radical (unpaired) electrons. The van der Waals surface area contributed by atoms with E-state index in [0.717, 1.165) is 12.8 Å². The van der Waals surface area contributed by atoms with Crippen LogP contribution in [0.25, 0.3) is 0 Å². The quantitative estimate of drug-likeness (QED) is 0.299. The van der Waals surface area contributed by atoms with Gasteiger partial charge in [-0.15, -0.1) is 0 Å². The molecule has 0 aromatic heterocycles. The van der Waals surface area contributed by atoms with Gasteiger partial charge in [-0.3, -0.25) is 14.4 Å². The first-order valence-corrected chi connectivity index (χ1v) is 15.6. The number of aliphatic carboxylic acids is 1. The minimum atomic E-state index is -3.75. The number of likely N-dealkylation sites (tertiary alicyclic amines) is 2. The molecule has 2 rings (SSSR count). The largest absolute Gasteiger partial charge is 0.481 e. The summed E-state index contributed by atoms with van der Waals surface area (Å²) in [5, 5.41) is 11.7. The third-order valence-corrected chi connectivity index (χ3v) is 8.43. The number of carbonyl (C=O) groups is 4. The van der Waals surface area contributed by atoms with Crippen LogP contribution in [0.4, 0.5) is 4.79 Å². The van der Waals surface area contributed by atoms with Gasteiger partial charge in [0, 0.05) is 32.6 Å². The third kappa shape index (κ3) is 12.1. The zero-order valence-corrected chi connectivity index (χ0v) is 24.6. The van der Waals surface area contributed by atoms with E-state index in [2.05, 4.69) is 10.0 Å². The molecule has 3 N–H and O–H groups in total. The number of rotatable bonds is 12. The Morgan fingerprint density at radius 2 is 1.72 bits per heavy atom. The average molecular weight is 575 g/mol. The number of hydrogen-bond acceptors (Lipinski definition) is 7. The van der Waals surface area contributed by atoms with Crippen LogP contribution in [0.2, 0.25) is 0 Å². The number of nitrogens with one attached hydrogen (secondary N) is 2. The molecule has 13 heteroatoms. The summed E-state index contributed by atoms with van der Waals surface area (Å²) in [7, 11) is -3.75. The van der Waals surface area contributed by atoms with Gasteiger partial charge in [0.15, 0.2) is 0 Å². The van der Waals surface area contributed by atoms with Crippen molar-refractivity contribution in [1.29, 1.82) is 0 Å². The monoisotopic (exact) mass is 574 g/mol. The zero-order chi connectivity index (χ0) is 29.2. The van der Waals surface area contributed by atoms with Crippen LogP contribution >= 0.6 is 0 Å². The smallest absolute Gasteiger partial charge is 0.410 e. The van der Waals surface area contributed by atoms with E-state index < -0.39 is 46.0 Å². The summed E-state index contributed by atoms with van der Waals surface area (Å²) >= 11 is 0. The molecule has 0 spiro atoms. The molecule has 2 fully saturated rings. The topological polar surface area (TPSA) is 162 Å². The van der Waals surface area contributed by atoms with Crippen LogP contribution in [0.3, 0.4) is 0 Å². The molecule has 0 saturated carbocycles. The highest BCUT2D eigenvalue weighted by Crippen LogP contribution is 2.25. The molecule has 0 aromatic carbocycles. The van der Waals surface area contributed by atoms with Gasteiger partial charge in [-0.05, 0) is 65.2 Å². The van der Waals surface area contributed by atoms with Gasteiger partial charge in [-0.2, -0.15) is 4.72 Å². The first-order chi connectivity index (χ1) is 18.2. The van der Waals surface area contributed by atoms with E-state index in [4.69, 9.17) is 4.74 Å². The van der Waals surface area contributed by atoms with Gasteiger partial charge < -0.3 is 25.0 Å². The van der Waals surface area contributed by atoms with Crippen molar-refractivity contribution in [3.05, 3.63) is 0 Å². The van der Waals surface area contributed by atoms with Crippen LogP contribution in [-0.2, 0) is 29.1 Å². The van der Waals surface area contributed by atoms with Gasteiger partial charge in [-0.1, -0.05) is 13.3 Å². The summed E-state index contributed by atoms with van der Waals surface area (Å²) in [5.41, 5.74) is -0.538. The molecule has 0 unspecified atom stereocenters. The lowest BCUT2D eigenvalue weighted by Gasteiger charge is -2.35. The Labute approximate surface area is 232 Å². The summed E-state index contributed by atoms with van der Waals surface area (Å²) in [6.07, 6.45) is 2.75. The Hall–Kier alpha value is -2.41. The highest BCUT2D eigenvalue weighted by atomic mass is 32.2. The number of sulfonamides is 1. The lowest BCUT2D eigenvalue weighted by atomic mass is 9.91. The van der Waals surface area contributed by atoms with Crippen molar-refractivity contribution in [1.82, 2.24) is 19.8 Å². The zero-order valence-electron chi connectivity index (χ0n) is 23.7. The molecule has 12 nitrogen and oxygen atoms in total. The second kappa shape index (κ2) is 14.8. The Morgan fingerprint density at radius 3 is 2.31 bits per heavy atom. The highest BCUT2D eigenvalue weighted by molar-refractivity contribution is 7.89. The van der Waals surface area contributed by atoms with Gasteiger partial charge in [0.05, 0.1) is 18.1 Å². The molecule has 39 heavy (non-hydrogen) atoms. The predicted octanol–water partition coefficient (Wildman–Crippen LogP) is 2.29. The van der Waals surface area contributed by atoms with Gasteiger partial charge >= 0.3 is 12.1 Å². The van der Waals surface area contributed by atoms with E-state index in [1.165, 1.54) is 0 Å². The Kier molecular flexibility index (Phi) is 12.5. The maximum atomic E-state index is 12.9. The maximum Gasteiger partial charge on any atom is 0.410 e. The molecule has 3 amide bonds. The minimum absolute atomic E-state index is 0.0376. The maximum absolute atomic E-state index is 12.9. The number of hydrogen-bond donors (Lipinski definition) is 3. The number of carboxylic acids is 1. The molecule has 0 aliphatic carbocycles. The SMILES string of the molecule is CCCCS(=O)(=O)N[C@@H](CC(=O)O)NC(=O)[C@@H]1CCCN(C(=O)CCC2CCN(C(=O)OC(C)(C)C)CC2)C1. The second-order valence-electron chi connectivity index (χ2n) is 11.6. The molecular weight excluding hydrogens is 528 g/mol. The van der Waals surface area contributed by atoms with Crippen molar-refractivity contribution in [2.24, 2.45) is 11.8 Å². The Balaban J connectivity index is 1.83.